The number of benzene rings is 3. The van der Waals surface area contributed by atoms with Crippen LogP contribution >= 0.6 is 0 Å². The van der Waals surface area contributed by atoms with Crippen LogP contribution in [0, 0.1) is 5.92 Å². The van der Waals surface area contributed by atoms with Gasteiger partial charge >= 0.3 is 18.0 Å². The van der Waals surface area contributed by atoms with Gasteiger partial charge in [-0.05, 0) is 28.2 Å². The highest BCUT2D eigenvalue weighted by Gasteiger charge is 2.28. The zero-order valence-corrected chi connectivity index (χ0v) is 21.6. The van der Waals surface area contributed by atoms with E-state index in [0.29, 0.717) is 0 Å². The molecule has 1 unspecified atom stereocenters. The van der Waals surface area contributed by atoms with Crippen molar-refractivity contribution in [2.24, 2.45) is 5.92 Å². The first-order chi connectivity index (χ1) is 18.2. The van der Waals surface area contributed by atoms with Crippen molar-refractivity contribution < 1.29 is 29.3 Å². The number of amides is 2. The number of aliphatic carboxylic acids is 1. The SMILES string of the molecule is CC(C)CN(CC(O)C(=O)OCc1ccccc1)C(=O)N[C@@H](Cc1ccc(-c2ccccc2)cc1)C(=O)O. The molecule has 0 saturated carbocycles. The molecule has 2 atom stereocenters. The second-order valence-corrected chi connectivity index (χ2v) is 9.52. The van der Waals surface area contributed by atoms with Crippen LogP contribution in [0.15, 0.2) is 84.9 Å². The molecule has 0 aliphatic carbocycles. The lowest BCUT2D eigenvalue weighted by atomic mass is 10.0. The molecule has 0 saturated heterocycles. The summed E-state index contributed by atoms with van der Waals surface area (Å²) < 4.78 is 5.17. The highest BCUT2D eigenvalue weighted by molar-refractivity contribution is 5.83. The number of carboxylic acids is 1. The molecule has 3 aromatic carbocycles. The van der Waals surface area contributed by atoms with E-state index in [9.17, 15) is 24.6 Å². The summed E-state index contributed by atoms with van der Waals surface area (Å²) in [4.78, 5) is 38.6. The van der Waals surface area contributed by atoms with E-state index in [4.69, 9.17) is 4.74 Å². The van der Waals surface area contributed by atoms with Gasteiger partial charge < -0.3 is 25.2 Å². The second kappa shape index (κ2) is 13.9. The van der Waals surface area contributed by atoms with Crippen LogP contribution in [0.4, 0.5) is 4.79 Å². The second-order valence-electron chi connectivity index (χ2n) is 9.52. The van der Waals surface area contributed by atoms with Crippen molar-refractivity contribution in [1.29, 1.82) is 0 Å². The number of nitrogens with zero attached hydrogens (tertiary/aromatic N) is 1. The Morgan fingerprint density at radius 2 is 1.39 bits per heavy atom. The number of aliphatic hydroxyl groups excluding tert-OH is 1. The summed E-state index contributed by atoms with van der Waals surface area (Å²) >= 11 is 0. The molecule has 3 N–H and O–H groups in total. The first kappa shape index (κ1) is 28.4. The molecular weight excluding hydrogens is 484 g/mol. The van der Waals surface area contributed by atoms with Crippen LogP contribution in [0.1, 0.15) is 25.0 Å². The number of esters is 1. The smallest absolute Gasteiger partial charge is 0.337 e. The maximum Gasteiger partial charge on any atom is 0.337 e. The van der Waals surface area contributed by atoms with Gasteiger partial charge in [-0.3, -0.25) is 0 Å². The van der Waals surface area contributed by atoms with Crippen LogP contribution in [0.3, 0.4) is 0 Å². The third kappa shape index (κ3) is 8.74. The normalized spacial score (nSPS) is 12.4. The standard InChI is InChI=1S/C30H34N2O6/c1-21(2)18-32(19-27(33)29(36)38-20-23-9-5-3-6-10-23)30(37)31-26(28(34)35)17-22-13-15-25(16-14-22)24-11-7-4-8-12-24/h3-16,21,26-27,33H,17-20H2,1-2H3,(H,31,37)(H,34,35)/t26-,27?/m0/s1. The van der Waals surface area contributed by atoms with Crippen LogP contribution in [-0.4, -0.2) is 58.3 Å². The molecule has 8 nitrogen and oxygen atoms in total. The van der Waals surface area contributed by atoms with Gasteiger partial charge in [-0.2, -0.15) is 0 Å². The number of carboxylic acid groups (broad SMARTS) is 1. The number of rotatable bonds is 12. The first-order valence-electron chi connectivity index (χ1n) is 12.5. The number of nitrogens with one attached hydrogen (secondary N) is 1. The molecule has 200 valence electrons. The summed E-state index contributed by atoms with van der Waals surface area (Å²) in [5, 5.41) is 22.7. The van der Waals surface area contributed by atoms with Crippen molar-refractivity contribution in [3.63, 3.8) is 0 Å². The fourth-order valence-corrected chi connectivity index (χ4v) is 3.93. The molecule has 3 rings (SSSR count). The maximum atomic E-state index is 13.0. The van der Waals surface area contributed by atoms with Gasteiger partial charge in [0.05, 0.1) is 6.54 Å². The van der Waals surface area contributed by atoms with Crippen molar-refractivity contribution in [3.05, 3.63) is 96.1 Å². The number of carbonyl (C=O) groups excluding carboxylic acids is 2. The van der Waals surface area contributed by atoms with E-state index >= 15 is 0 Å². The molecule has 0 heterocycles. The quantitative estimate of drug-likeness (QED) is 0.311. The van der Waals surface area contributed by atoms with Gasteiger partial charge in [0.15, 0.2) is 6.10 Å². The van der Waals surface area contributed by atoms with Crippen LogP contribution in [0.25, 0.3) is 11.1 Å². The lowest BCUT2D eigenvalue weighted by Crippen LogP contribution is -2.52. The Kier molecular flexibility index (Phi) is 10.4. The summed E-state index contributed by atoms with van der Waals surface area (Å²) in [5.41, 5.74) is 3.57. The molecular formula is C30H34N2O6. The monoisotopic (exact) mass is 518 g/mol. The predicted octanol–water partition coefficient (Wildman–Crippen LogP) is 4.12. The molecule has 0 aliphatic heterocycles. The van der Waals surface area contributed by atoms with Gasteiger partial charge in [0, 0.05) is 13.0 Å². The molecule has 0 aliphatic rings. The van der Waals surface area contributed by atoms with E-state index in [-0.39, 0.29) is 32.0 Å². The zero-order valence-electron chi connectivity index (χ0n) is 21.6. The number of hydrogen-bond acceptors (Lipinski definition) is 5. The van der Waals surface area contributed by atoms with Crippen molar-refractivity contribution in [2.75, 3.05) is 13.1 Å². The summed E-state index contributed by atoms with van der Waals surface area (Å²) in [6, 6.07) is 24.5. The van der Waals surface area contributed by atoms with E-state index in [1.54, 1.807) is 12.1 Å². The predicted molar refractivity (Wildman–Crippen MR) is 144 cm³/mol. The highest BCUT2D eigenvalue weighted by Crippen LogP contribution is 2.20. The van der Waals surface area contributed by atoms with Gasteiger partial charge in [-0.1, -0.05) is 98.8 Å². The third-order valence-corrected chi connectivity index (χ3v) is 5.86. The van der Waals surface area contributed by atoms with E-state index < -0.39 is 30.1 Å². The van der Waals surface area contributed by atoms with Gasteiger partial charge in [0.1, 0.15) is 12.6 Å². The van der Waals surface area contributed by atoms with Crippen LogP contribution in [0.2, 0.25) is 0 Å². The van der Waals surface area contributed by atoms with Gasteiger partial charge in [0.25, 0.3) is 0 Å². The summed E-state index contributed by atoms with van der Waals surface area (Å²) in [6.07, 6.45) is -1.50. The Morgan fingerprint density at radius 3 is 1.97 bits per heavy atom. The average molecular weight is 519 g/mol. The number of hydrogen-bond donors (Lipinski definition) is 3. The fourth-order valence-electron chi connectivity index (χ4n) is 3.93. The van der Waals surface area contributed by atoms with E-state index in [1.165, 1.54) is 4.90 Å². The fraction of sp³-hybridized carbons (Fsp3) is 0.300. The molecule has 8 heteroatoms. The number of aliphatic hydroxyl groups is 1. The van der Waals surface area contributed by atoms with Gasteiger partial charge in [-0.25, -0.2) is 14.4 Å². The lowest BCUT2D eigenvalue weighted by Gasteiger charge is -2.28. The van der Waals surface area contributed by atoms with E-state index in [1.807, 2.05) is 86.6 Å². The van der Waals surface area contributed by atoms with Crippen LogP contribution < -0.4 is 5.32 Å². The number of ether oxygens (including phenoxy) is 1. The van der Waals surface area contributed by atoms with Crippen molar-refractivity contribution in [3.8, 4) is 11.1 Å². The Labute approximate surface area is 222 Å². The van der Waals surface area contributed by atoms with E-state index in [2.05, 4.69) is 5.32 Å². The molecule has 0 radical (unpaired) electrons. The topological polar surface area (TPSA) is 116 Å². The summed E-state index contributed by atoms with van der Waals surface area (Å²) in [5.74, 6) is -2.02. The average Bonchev–Trinajstić information content (AvgIpc) is 2.92. The molecule has 0 fully saturated rings. The Morgan fingerprint density at radius 1 is 0.816 bits per heavy atom. The molecule has 38 heavy (non-hydrogen) atoms. The van der Waals surface area contributed by atoms with E-state index in [0.717, 1.165) is 22.3 Å². The van der Waals surface area contributed by atoms with Crippen molar-refractivity contribution >= 4 is 18.0 Å². The minimum absolute atomic E-state index is 0.00272. The Bertz CT molecular complexity index is 1180. The van der Waals surface area contributed by atoms with Gasteiger partial charge in [0.2, 0.25) is 0 Å². The molecule has 3 aromatic rings. The first-order valence-corrected chi connectivity index (χ1v) is 12.5. The third-order valence-electron chi connectivity index (χ3n) is 5.86. The Hall–Kier alpha value is -4.17. The number of urea groups is 1. The van der Waals surface area contributed by atoms with Crippen LogP contribution in [-0.2, 0) is 27.4 Å². The van der Waals surface area contributed by atoms with Crippen LogP contribution in [0.5, 0.6) is 0 Å². The minimum atomic E-state index is -1.57. The maximum absolute atomic E-state index is 13.0. The number of carbonyl (C=O) groups is 3. The van der Waals surface area contributed by atoms with Crippen molar-refractivity contribution in [1.82, 2.24) is 10.2 Å². The molecule has 2 amide bonds. The van der Waals surface area contributed by atoms with Crippen molar-refractivity contribution in [2.45, 2.75) is 39.0 Å². The largest absolute Gasteiger partial charge is 0.480 e. The Balaban J connectivity index is 1.61. The van der Waals surface area contributed by atoms with Gasteiger partial charge in [-0.15, -0.1) is 0 Å². The molecule has 0 spiro atoms. The summed E-state index contributed by atoms with van der Waals surface area (Å²) in [6.45, 7) is 3.65. The summed E-state index contributed by atoms with van der Waals surface area (Å²) in [7, 11) is 0. The zero-order chi connectivity index (χ0) is 27.5. The molecule has 0 bridgehead atoms. The lowest BCUT2D eigenvalue weighted by molar-refractivity contribution is -0.155. The highest BCUT2D eigenvalue weighted by atomic mass is 16.5. The molecule has 0 aromatic heterocycles. The minimum Gasteiger partial charge on any atom is -0.480 e.